The van der Waals surface area contributed by atoms with Gasteiger partial charge in [0.05, 0.1) is 0 Å². The van der Waals surface area contributed by atoms with Gasteiger partial charge in [0.2, 0.25) is 0 Å². The highest BCUT2D eigenvalue weighted by atomic mass is 32.1. The number of benzene rings is 1. The van der Waals surface area contributed by atoms with E-state index in [0.29, 0.717) is 0 Å². The molecule has 17 heavy (non-hydrogen) atoms. The molecule has 2 heterocycles. The van der Waals surface area contributed by atoms with E-state index in [0.717, 1.165) is 26.9 Å². The molecule has 0 fully saturated rings. The summed E-state index contributed by atoms with van der Waals surface area (Å²) in [5, 5.41) is 13.5. The number of aromatic nitrogens is 1. The van der Waals surface area contributed by atoms with E-state index in [4.69, 9.17) is 0 Å². The number of nitrogens with one attached hydrogen (secondary N) is 1. The van der Waals surface area contributed by atoms with Gasteiger partial charge in [-0.05, 0) is 53.1 Å². The number of thiophene rings is 1. The molecule has 0 spiro atoms. The Morgan fingerprint density at radius 2 is 2.12 bits per heavy atom. The van der Waals surface area contributed by atoms with E-state index in [1.165, 1.54) is 0 Å². The topological polar surface area (TPSA) is 36.0 Å². The van der Waals surface area contributed by atoms with Crippen LogP contribution in [0.5, 0.6) is 0 Å². The highest BCUT2D eigenvalue weighted by Gasteiger charge is 2.14. The third kappa shape index (κ3) is 1.77. The molecule has 2 aromatic heterocycles. The van der Waals surface area contributed by atoms with Crippen LogP contribution in [0.25, 0.3) is 10.9 Å². The first-order valence-corrected chi connectivity index (χ1v) is 6.43. The zero-order chi connectivity index (χ0) is 11.8. The first-order chi connectivity index (χ1) is 8.25. The molecule has 3 heteroatoms. The quantitative estimate of drug-likeness (QED) is 0.708. The number of aliphatic hydroxyl groups is 1. The van der Waals surface area contributed by atoms with Crippen molar-refractivity contribution in [2.75, 3.05) is 0 Å². The van der Waals surface area contributed by atoms with Crippen molar-refractivity contribution in [2.24, 2.45) is 0 Å². The second kappa shape index (κ2) is 4.02. The number of aromatic amines is 1. The van der Waals surface area contributed by atoms with Crippen molar-refractivity contribution in [1.82, 2.24) is 4.98 Å². The van der Waals surface area contributed by atoms with Gasteiger partial charge in [-0.1, -0.05) is 6.07 Å². The Kier molecular flexibility index (Phi) is 2.50. The Balaban J connectivity index is 2.06. The van der Waals surface area contributed by atoms with Gasteiger partial charge in [-0.2, -0.15) is 0 Å². The van der Waals surface area contributed by atoms with Gasteiger partial charge in [0.25, 0.3) is 0 Å². The SMILES string of the molecule is Cc1ccsc1C(O)c1ccc2[nH]ccc2c1. The molecule has 0 saturated heterocycles. The molecule has 1 unspecified atom stereocenters. The molecule has 86 valence electrons. The zero-order valence-corrected chi connectivity index (χ0v) is 10.3. The third-order valence-corrected chi connectivity index (χ3v) is 4.11. The molecule has 2 nitrogen and oxygen atoms in total. The second-order valence-electron chi connectivity index (χ2n) is 4.19. The number of hydrogen-bond donors (Lipinski definition) is 2. The molecular weight excluding hydrogens is 230 g/mol. The highest BCUT2D eigenvalue weighted by Crippen LogP contribution is 2.30. The fourth-order valence-electron chi connectivity index (χ4n) is 2.06. The van der Waals surface area contributed by atoms with Crippen molar-refractivity contribution in [3.8, 4) is 0 Å². The lowest BCUT2D eigenvalue weighted by molar-refractivity contribution is 0.223. The number of H-pyrrole nitrogens is 1. The molecule has 0 radical (unpaired) electrons. The van der Waals surface area contributed by atoms with Gasteiger partial charge in [0.1, 0.15) is 6.10 Å². The number of rotatable bonds is 2. The van der Waals surface area contributed by atoms with E-state index >= 15 is 0 Å². The standard InChI is InChI=1S/C14H13NOS/c1-9-5-7-17-14(9)13(16)11-2-3-12-10(8-11)4-6-15-12/h2-8,13,15-16H,1H3. The lowest BCUT2D eigenvalue weighted by atomic mass is 10.0. The Labute approximate surface area is 104 Å². The van der Waals surface area contributed by atoms with Gasteiger partial charge >= 0.3 is 0 Å². The number of fused-ring (bicyclic) bond motifs is 1. The maximum Gasteiger partial charge on any atom is 0.113 e. The normalized spacial score (nSPS) is 13.1. The van der Waals surface area contributed by atoms with E-state index in [9.17, 15) is 5.11 Å². The fourth-order valence-corrected chi connectivity index (χ4v) is 3.00. The fraction of sp³-hybridized carbons (Fsp3) is 0.143. The Morgan fingerprint density at radius 3 is 2.88 bits per heavy atom. The first-order valence-electron chi connectivity index (χ1n) is 5.55. The predicted octanol–water partition coefficient (Wildman–Crippen LogP) is 3.62. The van der Waals surface area contributed by atoms with Crippen LogP contribution < -0.4 is 0 Å². The minimum absolute atomic E-state index is 0.519. The van der Waals surface area contributed by atoms with Gasteiger partial charge in [-0.3, -0.25) is 0 Å². The van der Waals surface area contributed by atoms with E-state index in [2.05, 4.69) is 4.98 Å². The summed E-state index contributed by atoms with van der Waals surface area (Å²) >= 11 is 1.60. The third-order valence-electron chi connectivity index (χ3n) is 3.04. The van der Waals surface area contributed by atoms with Crippen LogP contribution in [-0.2, 0) is 0 Å². The molecule has 0 amide bonds. The van der Waals surface area contributed by atoms with Gasteiger partial charge < -0.3 is 10.1 Å². The van der Waals surface area contributed by atoms with Crippen molar-refractivity contribution in [2.45, 2.75) is 13.0 Å². The molecule has 1 atom stereocenters. The molecule has 0 aliphatic rings. The Morgan fingerprint density at radius 1 is 1.24 bits per heavy atom. The summed E-state index contributed by atoms with van der Waals surface area (Å²) in [6, 6.07) is 10.1. The lowest BCUT2D eigenvalue weighted by Crippen LogP contribution is -1.98. The Bertz CT molecular complexity index is 653. The van der Waals surface area contributed by atoms with Gasteiger partial charge in [0.15, 0.2) is 0 Å². The minimum Gasteiger partial charge on any atom is -0.383 e. The molecule has 0 aliphatic heterocycles. The van der Waals surface area contributed by atoms with Crippen LogP contribution in [0.2, 0.25) is 0 Å². The average Bonchev–Trinajstić information content (AvgIpc) is 2.95. The van der Waals surface area contributed by atoms with E-state index in [1.807, 2.05) is 48.8 Å². The molecular formula is C14H13NOS. The maximum absolute atomic E-state index is 10.4. The largest absolute Gasteiger partial charge is 0.383 e. The molecule has 0 bridgehead atoms. The second-order valence-corrected chi connectivity index (χ2v) is 5.14. The van der Waals surface area contributed by atoms with E-state index in [-0.39, 0.29) is 0 Å². The average molecular weight is 243 g/mol. The van der Waals surface area contributed by atoms with Crippen LogP contribution in [0.1, 0.15) is 22.1 Å². The monoisotopic (exact) mass is 243 g/mol. The van der Waals surface area contributed by atoms with E-state index < -0.39 is 6.10 Å². The number of hydrogen-bond acceptors (Lipinski definition) is 2. The summed E-state index contributed by atoms with van der Waals surface area (Å²) in [6.45, 7) is 2.03. The van der Waals surface area contributed by atoms with Gasteiger partial charge in [0, 0.05) is 16.6 Å². The number of aliphatic hydroxyl groups excluding tert-OH is 1. The first kappa shape index (κ1) is 10.6. The van der Waals surface area contributed by atoms with Crippen LogP contribution in [0.4, 0.5) is 0 Å². The Hall–Kier alpha value is -1.58. The molecule has 2 N–H and O–H groups in total. The van der Waals surface area contributed by atoms with Crippen LogP contribution in [0.15, 0.2) is 41.9 Å². The predicted molar refractivity (Wildman–Crippen MR) is 71.4 cm³/mol. The maximum atomic E-state index is 10.4. The molecule has 3 aromatic rings. The van der Waals surface area contributed by atoms with Gasteiger partial charge in [-0.15, -0.1) is 11.3 Å². The van der Waals surface area contributed by atoms with Crippen LogP contribution in [0, 0.1) is 6.92 Å². The molecule has 0 aliphatic carbocycles. The summed E-state index contributed by atoms with van der Waals surface area (Å²) in [5.74, 6) is 0. The van der Waals surface area contributed by atoms with E-state index in [1.54, 1.807) is 11.3 Å². The van der Waals surface area contributed by atoms with Gasteiger partial charge in [-0.25, -0.2) is 0 Å². The van der Waals surface area contributed by atoms with Crippen molar-refractivity contribution in [1.29, 1.82) is 0 Å². The summed E-state index contributed by atoms with van der Waals surface area (Å²) < 4.78 is 0. The van der Waals surface area contributed by atoms with Crippen molar-refractivity contribution in [3.63, 3.8) is 0 Å². The molecule has 3 rings (SSSR count). The molecule has 0 saturated carbocycles. The smallest absolute Gasteiger partial charge is 0.113 e. The van der Waals surface area contributed by atoms with Crippen molar-refractivity contribution >= 4 is 22.2 Å². The minimum atomic E-state index is -0.519. The summed E-state index contributed by atoms with van der Waals surface area (Å²) in [4.78, 5) is 4.18. The van der Waals surface area contributed by atoms with Crippen LogP contribution in [-0.4, -0.2) is 10.1 Å². The van der Waals surface area contributed by atoms with Crippen LogP contribution >= 0.6 is 11.3 Å². The molecule has 1 aromatic carbocycles. The van der Waals surface area contributed by atoms with Crippen molar-refractivity contribution in [3.05, 3.63) is 57.9 Å². The summed E-state index contributed by atoms with van der Waals surface area (Å²) in [6.07, 6.45) is 1.39. The summed E-state index contributed by atoms with van der Waals surface area (Å²) in [7, 11) is 0. The van der Waals surface area contributed by atoms with Crippen LogP contribution in [0.3, 0.4) is 0 Å². The number of aryl methyl sites for hydroxylation is 1. The highest BCUT2D eigenvalue weighted by molar-refractivity contribution is 7.10. The summed E-state index contributed by atoms with van der Waals surface area (Å²) in [5.41, 5.74) is 3.20. The zero-order valence-electron chi connectivity index (χ0n) is 9.47. The van der Waals surface area contributed by atoms with Crippen molar-refractivity contribution < 1.29 is 5.11 Å². The lowest BCUT2D eigenvalue weighted by Gasteiger charge is -2.10.